The Bertz CT molecular complexity index is 612. The van der Waals surface area contributed by atoms with E-state index in [0.717, 1.165) is 36.6 Å². The largest absolute Gasteiger partial charge is 0.484 e. The van der Waals surface area contributed by atoms with Gasteiger partial charge in [-0.15, -0.1) is 10.2 Å². The highest BCUT2D eigenvalue weighted by atomic mass is 35.5. The highest BCUT2D eigenvalue weighted by Gasteiger charge is 2.16. The molecule has 0 spiro atoms. The summed E-state index contributed by atoms with van der Waals surface area (Å²) in [6.07, 6.45) is 3.32. The van der Waals surface area contributed by atoms with Crippen LogP contribution in [-0.2, 0) is 26.2 Å². The van der Waals surface area contributed by atoms with Gasteiger partial charge in [-0.3, -0.25) is 0 Å². The summed E-state index contributed by atoms with van der Waals surface area (Å²) in [5.41, 5.74) is 0.766. The van der Waals surface area contributed by atoms with Gasteiger partial charge in [0.25, 0.3) is 0 Å². The lowest BCUT2D eigenvalue weighted by atomic mass is 10.2. The standard InChI is InChI=1S/C14H16ClN3O2/c15-11-7-10(8-19)4-5-12(11)20-9-14-17-16-13-3-1-2-6-18(13)14/h4-5,7,19H,1-3,6,8-9H2. The molecule has 1 aromatic heterocycles. The molecule has 0 amide bonds. The quantitative estimate of drug-likeness (QED) is 0.940. The Kier molecular flexibility index (Phi) is 3.89. The molecule has 2 heterocycles. The summed E-state index contributed by atoms with van der Waals surface area (Å²) in [6.45, 7) is 1.28. The van der Waals surface area contributed by atoms with Crippen molar-refractivity contribution in [1.29, 1.82) is 0 Å². The van der Waals surface area contributed by atoms with Crippen LogP contribution in [-0.4, -0.2) is 19.9 Å². The molecular formula is C14H16ClN3O2. The summed E-state index contributed by atoms with van der Waals surface area (Å²) in [7, 11) is 0. The van der Waals surface area contributed by atoms with Gasteiger partial charge in [-0.05, 0) is 30.5 Å². The molecule has 3 rings (SSSR count). The van der Waals surface area contributed by atoms with Crippen LogP contribution in [0.15, 0.2) is 18.2 Å². The van der Waals surface area contributed by atoms with Crippen molar-refractivity contribution in [3.05, 3.63) is 40.4 Å². The van der Waals surface area contributed by atoms with Crippen LogP contribution in [0.1, 0.15) is 30.1 Å². The van der Waals surface area contributed by atoms with E-state index in [1.165, 1.54) is 6.42 Å². The number of aliphatic hydroxyl groups excluding tert-OH is 1. The minimum Gasteiger partial charge on any atom is -0.484 e. The van der Waals surface area contributed by atoms with E-state index in [4.69, 9.17) is 21.4 Å². The molecule has 0 saturated heterocycles. The van der Waals surface area contributed by atoms with E-state index in [2.05, 4.69) is 14.8 Å². The lowest BCUT2D eigenvalue weighted by molar-refractivity contribution is 0.278. The van der Waals surface area contributed by atoms with Crippen LogP contribution >= 0.6 is 11.6 Å². The second-order valence-electron chi connectivity index (χ2n) is 4.85. The minimum atomic E-state index is -0.0301. The monoisotopic (exact) mass is 293 g/mol. The predicted octanol–water partition coefficient (Wildman–Crippen LogP) is 2.34. The molecule has 0 aliphatic carbocycles. The normalized spacial score (nSPS) is 14.1. The first-order valence-electron chi connectivity index (χ1n) is 6.71. The number of aromatic nitrogens is 3. The molecule has 106 valence electrons. The van der Waals surface area contributed by atoms with Crippen molar-refractivity contribution in [1.82, 2.24) is 14.8 Å². The van der Waals surface area contributed by atoms with Gasteiger partial charge in [0, 0.05) is 13.0 Å². The van der Waals surface area contributed by atoms with Gasteiger partial charge in [0.1, 0.15) is 18.2 Å². The summed E-state index contributed by atoms with van der Waals surface area (Å²) in [4.78, 5) is 0. The Balaban J connectivity index is 1.72. The number of hydrogen-bond acceptors (Lipinski definition) is 4. The number of rotatable bonds is 4. The van der Waals surface area contributed by atoms with Crippen LogP contribution in [0.4, 0.5) is 0 Å². The molecule has 0 atom stereocenters. The number of ether oxygens (including phenoxy) is 1. The zero-order valence-electron chi connectivity index (χ0n) is 11.0. The first-order chi connectivity index (χ1) is 9.78. The Morgan fingerprint density at radius 2 is 2.20 bits per heavy atom. The maximum atomic E-state index is 9.04. The summed E-state index contributed by atoms with van der Waals surface area (Å²) in [5.74, 6) is 2.47. The van der Waals surface area contributed by atoms with E-state index in [0.29, 0.717) is 17.4 Å². The number of nitrogens with zero attached hydrogens (tertiary/aromatic N) is 3. The van der Waals surface area contributed by atoms with Gasteiger partial charge in [-0.2, -0.15) is 0 Å². The molecule has 0 fully saturated rings. The van der Waals surface area contributed by atoms with Crippen LogP contribution < -0.4 is 4.74 Å². The molecule has 5 nitrogen and oxygen atoms in total. The van der Waals surface area contributed by atoms with Crippen LogP contribution in [0.25, 0.3) is 0 Å². The fourth-order valence-electron chi connectivity index (χ4n) is 2.38. The Labute approximate surface area is 122 Å². The van der Waals surface area contributed by atoms with Gasteiger partial charge in [-0.1, -0.05) is 17.7 Å². The molecule has 0 unspecified atom stereocenters. The van der Waals surface area contributed by atoms with Crippen molar-refractivity contribution in [3.63, 3.8) is 0 Å². The van der Waals surface area contributed by atoms with Gasteiger partial charge < -0.3 is 14.4 Å². The number of benzene rings is 1. The second kappa shape index (κ2) is 5.81. The minimum absolute atomic E-state index is 0.0301. The molecule has 20 heavy (non-hydrogen) atoms. The number of fused-ring (bicyclic) bond motifs is 1. The maximum absolute atomic E-state index is 9.04. The molecule has 1 N–H and O–H groups in total. The first-order valence-corrected chi connectivity index (χ1v) is 7.09. The smallest absolute Gasteiger partial charge is 0.171 e. The van der Waals surface area contributed by atoms with Gasteiger partial charge in [0.05, 0.1) is 11.6 Å². The van der Waals surface area contributed by atoms with E-state index in [-0.39, 0.29) is 6.61 Å². The van der Waals surface area contributed by atoms with Crippen molar-refractivity contribution < 1.29 is 9.84 Å². The van der Waals surface area contributed by atoms with E-state index < -0.39 is 0 Å². The Morgan fingerprint density at radius 1 is 1.30 bits per heavy atom. The predicted molar refractivity (Wildman–Crippen MR) is 74.7 cm³/mol. The van der Waals surface area contributed by atoms with E-state index in [9.17, 15) is 0 Å². The topological polar surface area (TPSA) is 60.2 Å². The lowest BCUT2D eigenvalue weighted by Gasteiger charge is -2.15. The molecule has 6 heteroatoms. The highest BCUT2D eigenvalue weighted by Crippen LogP contribution is 2.26. The third kappa shape index (κ3) is 2.64. The molecule has 1 aliphatic heterocycles. The lowest BCUT2D eigenvalue weighted by Crippen LogP contribution is -2.14. The molecule has 1 aliphatic rings. The van der Waals surface area contributed by atoms with E-state index in [1.54, 1.807) is 18.2 Å². The van der Waals surface area contributed by atoms with Crippen LogP contribution in [0.3, 0.4) is 0 Å². The van der Waals surface area contributed by atoms with Gasteiger partial charge >= 0.3 is 0 Å². The molecule has 0 radical (unpaired) electrons. The zero-order chi connectivity index (χ0) is 13.9. The van der Waals surface area contributed by atoms with Gasteiger partial charge in [0.15, 0.2) is 5.82 Å². The molecule has 0 bridgehead atoms. The van der Waals surface area contributed by atoms with Gasteiger partial charge in [-0.25, -0.2) is 0 Å². The van der Waals surface area contributed by atoms with Crippen molar-refractivity contribution in [2.24, 2.45) is 0 Å². The van der Waals surface area contributed by atoms with Crippen LogP contribution in [0.2, 0.25) is 5.02 Å². The van der Waals surface area contributed by atoms with Crippen molar-refractivity contribution >= 4 is 11.6 Å². The average Bonchev–Trinajstić information content (AvgIpc) is 2.89. The molecule has 2 aromatic rings. The van der Waals surface area contributed by atoms with E-state index >= 15 is 0 Å². The third-order valence-corrected chi connectivity index (χ3v) is 3.77. The van der Waals surface area contributed by atoms with Crippen molar-refractivity contribution in [2.75, 3.05) is 0 Å². The van der Waals surface area contributed by atoms with Crippen molar-refractivity contribution in [3.8, 4) is 5.75 Å². The van der Waals surface area contributed by atoms with Gasteiger partial charge in [0.2, 0.25) is 0 Å². The summed E-state index contributed by atoms with van der Waals surface area (Å²) < 4.78 is 7.83. The summed E-state index contributed by atoms with van der Waals surface area (Å²) in [5, 5.41) is 17.9. The molecule has 1 aromatic carbocycles. The van der Waals surface area contributed by atoms with E-state index in [1.807, 2.05) is 0 Å². The zero-order valence-corrected chi connectivity index (χ0v) is 11.8. The summed E-state index contributed by atoms with van der Waals surface area (Å²) in [6, 6.07) is 5.26. The van der Waals surface area contributed by atoms with Crippen LogP contribution in [0, 0.1) is 0 Å². The van der Waals surface area contributed by atoms with Crippen molar-refractivity contribution in [2.45, 2.75) is 39.0 Å². The SMILES string of the molecule is OCc1ccc(OCc2nnc3n2CCCC3)c(Cl)c1. The molecular weight excluding hydrogens is 278 g/mol. The second-order valence-corrected chi connectivity index (χ2v) is 5.26. The number of halogens is 1. The Morgan fingerprint density at radius 3 is 3.00 bits per heavy atom. The highest BCUT2D eigenvalue weighted by molar-refractivity contribution is 6.32. The summed E-state index contributed by atoms with van der Waals surface area (Å²) >= 11 is 6.11. The fraction of sp³-hybridized carbons (Fsp3) is 0.429. The number of aryl methyl sites for hydroxylation is 1. The third-order valence-electron chi connectivity index (χ3n) is 3.47. The average molecular weight is 294 g/mol. The number of hydrogen-bond donors (Lipinski definition) is 1. The Hall–Kier alpha value is -1.59. The first kappa shape index (κ1) is 13.4. The maximum Gasteiger partial charge on any atom is 0.171 e. The molecule has 0 saturated carbocycles. The van der Waals surface area contributed by atoms with Crippen LogP contribution in [0.5, 0.6) is 5.75 Å². The number of aliphatic hydroxyl groups is 1. The fourth-order valence-corrected chi connectivity index (χ4v) is 2.64.